The molecular formula is C18H21ClN2O4S2. The van der Waals surface area contributed by atoms with Crippen molar-refractivity contribution in [2.75, 3.05) is 17.8 Å². The fourth-order valence-corrected chi connectivity index (χ4v) is 6.15. The molecule has 2 aromatic rings. The predicted molar refractivity (Wildman–Crippen MR) is 106 cm³/mol. The van der Waals surface area contributed by atoms with E-state index in [2.05, 4.69) is 4.72 Å². The summed E-state index contributed by atoms with van der Waals surface area (Å²) < 4.78 is 55.0. The molecule has 6 nitrogen and oxygen atoms in total. The summed E-state index contributed by atoms with van der Waals surface area (Å²) in [4.78, 5) is 0.131. The maximum absolute atomic E-state index is 13.0. The number of rotatable bonds is 5. The van der Waals surface area contributed by atoms with Crippen molar-refractivity contribution >= 4 is 37.3 Å². The lowest BCUT2D eigenvalue weighted by Crippen LogP contribution is -2.36. The normalized spacial score (nSPS) is 16.2. The summed E-state index contributed by atoms with van der Waals surface area (Å²) in [6, 6.07) is 10.4. The third-order valence-electron chi connectivity index (χ3n) is 4.48. The van der Waals surface area contributed by atoms with Gasteiger partial charge >= 0.3 is 0 Å². The Morgan fingerprint density at radius 3 is 2.33 bits per heavy atom. The first kappa shape index (κ1) is 20.1. The lowest BCUT2D eigenvalue weighted by Gasteiger charge is -2.26. The summed E-state index contributed by atoms with van der Waals surface area (Å²) in [5, 5.41) is 0.301. The molecule has 27 heavy (non-hydrogen) atoms. The summed E-state index contributed by atoms with van der Waals surface area (Å²) >= 11 is 5.87. The highest BCUT2D eigenvalue weighted by atomic mass is 35.5. The van der Waals surface area contributed by atoms with Crippen molar-refractivity contribution in [3.05, 3.63) is 53.1 Å². The van der Waals surface area contributed by atoms with Crippen LogP contribution in [0.3, 0.4) is 0 Å². The van der Waals surface area contributed by atoms with Gasteiger partial charge in [0.05, 0.1) is 15.5 Å². The molecule has 0 aromatic heterocycles. The molecule has 1 aliphatic heterocycles. The molecule has 0 aliphatic carbocycles. The van der Waals surface area contributed by atoms with E-state index in [0.29, 0.717) is 23.7 Å². The number of nitrogens with zero attached hydrogens (tertiary/aromatic N) is 1. The largest absolute Gasteiger partial charge is 0.280 e. The Labute approximate surface area is 165 Å². The van der Waals surface area contributed by atoms with E-state index in [4.69, 9.17) is 11.6 Å². The van der Waals surface area contributed by atoms with Crippen molar-refractivity contribution in [1.29, 1.82) is 0 Å². The van der Waals surface area contributed by atoms with Gasteiger partial charge in [0.25, 0.3) is 10.0 Å². The number of anilines is 1. The summed E-state index contributed by atoms with van der Waals surface area (Å²) in [6.07, 6.45) is 2.68. The lowest BCUT2D eigenvalue weighted by molar-refractivity contribution is 0.346. The van der Waals surface area contributed by atoms with Crippen LogP contribution in [0.2, 0.25) is 5.02 Å². The molecule has 0 radical (unpaired) electrons. The van der Waals surface area contributed by atoms with Crippen molar-refractivity contribution in [2.45, 2.75) is 36.0 Å². The van der Waals surface area contributed by atoms with E-state index in [1.54, 1.807) is 25.1 Å². The van der Waals surface area contributed by atoms with Gasteiger partial charge in [-0.3, -0.25) is 4.72 Å². The SMILES string of the molecule is Cc1ccc(NS(=O)(=O)c2cccc(Cl)c2)cc1S(=O)(=O)N1CCCCC1. The molecule has 0 atom stereocenters. The van der Waals surface area contributed by atoms with Crippen LogP contribution in [0, 0.1) is 6.92 Å². The van der Waals surface area contributed by atoms with E-state index in [-0.39, 0.29) is 15.5 Å². The van der Waals surface area contributed by atoms with Crippen molar-refractivity contribution in [1.82, 2.24) is 4.31 Å². The van der Waals surface area contributed by atoms with Crippen LogP contribution in [0.5, 0.6) is 0 Å². The molecule has 0 amide bonds. The summed E-state index contributed by atoms with van der Waals surface area (Å²) in [5.41, 5.74) is 0.766. The number of sulfonamides is 2. The molecule has 2 aromatic carbocycles. The number of halogens is 1. The molecular weight excluding hydrogens is 408 g/mol. The molecule has 0 spiro atoms. The molecule has 0 bridgehead atoms. The van der Waals surface area contributed by atoms with Gasteiger partial charge in [-0.05, 0) is 55.7 Å². The molecule has 9 heteroatoms. The average Bonchev–Trinajstić information content (AvgIpc) is 2.64. The van der Waals surface area contributed by atoms with Crippen LogP contribution < -0.4 is 4.72 Å². The standard InChI is InChI=1S/C18H21ClN2O4S2/c1-14-8-9-16(20-26(22,23)17-7-5-6-15(19)12-17)13-18(14)27(24,25)21-10-3-2-4-11-21/h5-9,12-13,20H,2-4,10-11H2,1H3. The molecule has 1 heterocycles. The van der Waals surface area contributed by atoms with Crippen LogP contribution in [0.15, 0.2) is 52.3 Å². The molecule has 146 valence electrons. The minimum atomic E-state index is -3.88. The fraction of sp³-hybridized carbons (Fsp3) is 0.333. The van der Waals surface area contributed by atoms with Crippen molar-refractivity contribution in [3.63, 3.8) is 0 Å². The minimum Gasteiger partial charge on any atom is -0.280 e. The molecule has 0 saturated carbocycles. The van der Waals surface area contributed by atoms with Gasteiger partial charge in [-0.2, -0.15) is 4.31 Å². The first-order valence-electron chi connectivity index (χ1n) is 8.59. The van der Waals surface area contributed by atoms with E-state index < -0.39 is 20.0 Å². The van der Waals surface area contributed by atoms with Gasteiger partial charge in [0.1, 0.15) is 0 Å². The predicted octanol–water partition coefficient (Wildman–Crippen LogP) is 3.62. The number of hydrogen-bond donors (Lipinski definition) is 1. The minimum absolute atomic E-state index is 0.0102. The molecule has 1 aliphatic rings. The fourth-order valence-electron chi connectivity index (χ4n) is 3.03. The number of benzene rings is 2. The molecule has 3 rings (SSSR count). The Morgan fingerprint density at radius 2 is 1.67 bits per heavy atom. The van der Waals surface area contributed by atoms with Gasteiger partial charge in [0, 0.05) is 18.1 Å². The second-order valence-corrected chi connectivity index (χ2v) is 10.5. The van der Waals surface area contributed by atoms with E-state index in [0.717, 1.165) is 19.3 Å². The van der Waals surface area contributed by atoms with Crippen LogP contribution in [0.25, 0.3) is 0 Å². The zero-order chi connectivity index (χ0) is 19.7. The summed E-state index contributed by atoms with van der Waals surface area (Å²) in [7, 11) is -7.54. The highest BCUT2D eigenvalue weighted by Gasteiger charge is 2.28. The average molecular weight is 429 g/mol. The van der Waals surface area contributed by atoms with Crippen molar-refractivity contribution < 1.29 is 16.8 Å². The second kappa shape index (κ2) is 7.79. The molecule has 1 N–H and O–H groups in total. The third-order valence-corrected chi connectivity index (χ3v) is 8.13. The van der Waals surface area contributed by atoms with E-state index >= 15 is 0 Å². The van der Waals surface area contributed by atoms with Gasteiger partial charge in [0.2, 0.25) is 10.0 Å². The molecule has 0 unspecified atom stereocenters. The quantitative estimate of drug-likeness (QED) is 0.788. The van der Waals surface area contributed by atoms with Crippen LogP contribution in [-0.4, -0.2) is 34.2 Å². The zero-order valence-corrected chi connectivity index (χ0v) is 17.2. The number of aryl methyl sites for hydroxylation is 1. The number of nitrogens with one attached hydrogen (secondary N) is 1. The number of piperidine rings is 1. The van der Waals surface area contributed by atoms with Gasteiger partial charge in [-0.15, -0.1) is 0 Å². The number of hydrogen-bond acceptors (Lipinski definition) is 4. The highest BCUT2D eigenvalue weighted by molar-refractivity contribution is 7.92. The van der Waals surface area contributed by atoms with Gasteiger partial charge in [-0.25, -0.2) is 16.8 Å². The smallest absolute Gasteiger partial charge is 0.261 e. The molecule has 1 saturated heterocycles. The maximum atomic E-state index is 13.0. The van der Waals surface area contributed by atoms with Crippen LogP contribution >= 0.6 is 11.6 Å². The second-order valence-electron chi connectivity index (χ2n) is 6.51. The lowest BCUT2D eigenvalue weighted by atomic mass is 10.2. The third kappa shape index (κ3) is 4.45. The van der Waals surface area contributed by atoms with E-state index in [1.165, 1.54) is 28.6 Å². The zero-order valence-electron chi connectivity index (χ0n) is 14.9. The summed E-state index contributed by atoms with van der Waals surface area (Å²) in [5.74, 6) is 0. The van der Waals surface area contributed by atoms with E-state index in [9.17, 15) is 16.8 Å². The Kier molecular flexibility index (Phi) is 5.81. The van der Waals surface area contributed by atoms with Gasteiger partial charge in [0.15, 0.2) is 0 Å². The van der Waals surface area contributed by atoms with Crippen LogP contribution in [-0.2, 0) is 20.0 Å². The Hall–Kier alpha value is -1.61. The first-order valence-corrected chi connectivity index (χ1v) is 11.9. The van der Waals surface area contributed by atoms with Gasteiger partial charge in [-0.1, -0.05) is 30.2 Å². The summed E-state index contributed by atoms with van der Waals surface area (Å²) in [6.45, 7) is 2.67. The topological polar surface area (TPSA) is 83.5 Å². The van der Waals surface area contributed by atoms with Crippen molar-refractivity contribution in [2.24, 2.45) is 0 Å². The van der Waals surface area contributed by atoms with Crippen LogP contribution in [0.4, 0.5) is 5.69 Å². The monoisotopic (exact) mass is 428 g/mol. The van der Waals surface area contributed by atoms with Gasteiger partial charge < -0.3 is 0 Å². The Morgan fingerprint density at radius 1 is 0.963 bits per heavy atom. The Bertz CT molecular complexity index is 1050. The van der Waals surface area contributed by atoms with Crippen molar-refractivity contribution in [3.8, 4) is 0 Å². The maximum Gasteiger partial charge on any atom is 0.261 e. The Balaban J connectivity index is 1.94. The highest BCUT2D eigenvalue weighted by Crippen LogP contribution is 2.27. The molecule has 1 fully saturated rings. The van der Waals surface area contributed by atoms with Crippen LogP contribution in [0.1, 0.15) is 24.8 Å². The van der Waals surface area contributed by atoms with E-state index in [1.807, 2.05) is 0 Å². The first-order chi connectivity index (χ1) is 12.7.